The van der Waals surface area contributed by atoms with Gasteiger partial charge in [-0.15, -0.1) is 0 Å². The first-order valence-corrected chi connectivity index (χ1v) is 8.57. The predicted molar refractivity (Wildman–Crippen MR) is 104 cm³/mol. The van der Waals surface area contributed by atoms with Gasteiger partial charge in [-0.3, -0.25) is 4.79 Å². The molecule has 0 aliphatic carbocycles. The molecule has 4 nitrogen and oxygen atoms in total. The third-order valence-electron chi connectivity index (χ3n) is 2.99. The van der Waals surface area contributed by atoms with Crippen LogP contribution in [-0.4, -0.2) is 20.1 Å². The lowest BCUT2D eigenvalue weighted by molar-refractivity contribution is -0.111. The zero-order valence-corrected chi connectivity index (χ0v) is 16.3. The molecule has 0 aliphatic heterocycles. The molecule has 1 N–H and O–H groups in total. The highest BCUT2D eigenvalue weighted by atomic mass is 127. The molecule has 0 radical (unpaired) electrons. The van der Waals surface area contributed by atoms with Crippen molar-refractivity contribution in [3.63, 3.8) is 0 Å². The summed E-state index contributed by atoms with van der Waals surface area (Å²) in [6.45, 7) is 0. The first kappa shape index (κ1) is 17.8. The quantitative estimate of drug-likeness (QED) is 0.490. The summed E-state index contributed by atoms with van der Waals surface area (Å²) in [5, 5.41) is 2.81. The van der Waals surface area contributed by atoms with E-state index in [0.717, 1.165) is 19.3 Å². The molecular weight excluding hydrogens is 473 g/mol. The topological polar surface area (TPSA) is 47.6 Å². The van der Waals surface area contributed by atoms with Gasteiger partial charge in [0, 0.05) is 15.3 Å². The van der Waals surface area contributed by atoms with E-state index in [1.165, 1.54) is 6.08 Å². The molecule has 23 heavy (non-hydrogen) atoms. The molecule has 0 saturated heterocycles. The molecule has 120 valence electrons. The summed E-state index contributed by atoms with van der Waals surface area (Å²) >= 11 is 5.64. The molecule has 2 aromatic carbocycles. The van der Waals surface area contributed by atoms with Gasteiger partial charge in [-0.05, 0) is 86.6 Å². The van der Waals surface area contributed by atoms with Crippen LogP contribution in [0, 0.1) is 3.57 Å². The van der Waals surface area contributed by atoms with Gasteiger partial charge in [0.05, 0.1) is 18.7 Å². The van der Waals surface area contributed by atoms with Crippen molar-refractivity contribution < 1.29 is 14.3 Å². The van der Waals surface area contributed by atoms with Crippen molar-refractivity contribution in [2.24, 2.45) is 0 Å². The fourth-order valence-electron chi connectivity index (χ4n) is 1.92. The van der Waals surface area contributed by atoms with Gasteiger partial charge in [-0.1, -0.05) is 0 Å². The lowest BCUT2D eigenvalue weighted by Gasteiger charge is -2.10. The van der Waals surface area contributed by atoms with Crippen molar-refractivity contribution in [3.8, 4) is 11.5 Å². The molecule has 0 aromatic heterocycles. The number of carbonyl (C=O) groups is 1. The minimum atomic E-state index is -0.197. The normalized spacial score (nSPS) is 10.6. The first-order valence-electron chi connectivity index (χ1n) is 6.69. The molecule has 0 heterocycles. The Hall–Kier alpha value is -1.54. The smallest absolute Gasteiger partial charge is 0.248 e. The van der Waals surface area contributed by atoms with Crippen molar-refractivity contribution >= 4 is 56.2 Å². The van der Waals surface area contributed by atoms with Gasteiger partial charge >= 0.3 is 0 Å². The van der Waals surface area contributed by atoms with Crippen LogP contribution in [0.1, 0.15) is 5.56 Å². The second-order valence-electron chi connectivity index (χ2n) is 4.57. The van der Waals surface area contributed by atoms with E-state index in [2.05, 4.69) is 43.8 Å². The number of anilines is 1. The monoisotopic (exact) mass is 487 g/mol. The highest BCUT2D eigenvalue weighted by molar-refractivity contribution is 14.1. The Morgan fingerprint density at radius 3 is 2.48 bits per heavy atom. The van der Waals surface area contributed by atoms with Crippen LogP contribution >= 0.6 is 38.5 Å². The largest absolute Gasteiger partial charge is 0.493 e. The average molecular weight is 488 g/mol. The third-order valence-corrected chi connectivity index (χ3v) is 4.30. The van der Waals surface area contributed by atoms with Crippen LogP contribution in [0.25, 0.3) is 6.08 Å². The summed E-state index contributed by atoms with van der Waals surface area (Å²) in [6.07, 6.45) is 3.19. The van der Waals surface area contributed by atoms with Gasteiger partial charge < -0.3 is 14.8 Å². The minimum absolute atomic E-state index is 0.197. The van der Waals surface area contributed by atoms with E-state index < -0.39 is 0 Å². The highest BCUT2D eigenvalue weighted by Crippen LogP contribution is 2.36. The second-order valence-corrected chi connectivity index (χ2v) is 6.67. The Morgan fingerprint density at radius 1 is 1.17 bits per heavy atom. The fourth-order valence-corrected chi connectivity index (χ4v) is 2.90. The van der Waals surface area contributed by atoms with E-state index in [1.807, 2.05) is 30.3 Å². The zero-order chi connectivity index (χ0) is 16.8. The van der Waals surface area contributed by atoms with Crippen molar-refractivity contribution in [1.29, 1.82) is 0 Å². The summed E-state index contributed by atoms with van der Waals surface area (Å²) in [5.41, 5.74) is 1.58. The molecule has 6 heteroatoms. The molecule has 0 fully saturated rings. The van der Waals surface area contributed by atoms with Gasteiger partial charge in [-0.25, -0.2) is 0 Å². The van der Waals surface area contributed by atoms with E-state index in [9.17, 15) is 4.79 Å². The fraction of sp³-hybridized carbons (Fsp3) is 0.118. The maximum Gasteiger partial charge on any atom is 0.248 e. The number of rotatable bonds is 5. The van der Waals surface area contributed by atoms with Crippen molar-refractivity contribution in [3.05, 3.63) is 56.1 Å². The van der Waals surface area contributed by atoms with Gasteiger partial charge in [-0.2, -0.15) is 0 Å². The van der Waals surface area contributed by atoms with Crippen molar-refractivity contribution in [2.75, 3.05) is 19.5 Å². The number of carbonyl (C=O) groups excluding carboxylic acids is 1. The molecule has 1 amide bonds. The van der Waals surface area contributed by atoms with E-state index in [-0.39, 0.29) is 5.91 Å². The molecule has 0 saturated carbocycles. The van der Waals surface area contributed by atoms with Crippen LogP contribution in [-0.2, 0) is 4.79 Å². The Kier molecular flexibility index (Phi) is 6.47. The summed E-state index contributed by atoms with van der Waals surface area (Å²) in [5.74, 6) is 1.02. The van der Waals surface area contributed by atoms with Gasteiger partial charge in [0.1, 0.15) is 0 Å². The van der Waals surface area contributed by atoms with Gasteiger partial charge in [0.15, 0.2) is 11.5 Å². The van der Waals surface area contributed by atoms with Crippen LogP contribution in [0.15, 0.2) is 46.9 Å². The molecule has 0 spiro atoms. The standard InChI is InChI=1S/C17H15BrINO3/c1-22-15-10-11(9-14(18)17(15)23-2)3-8-16(21)20-13-6-4-12(19)5-7-13/h3-10H,1-2H3,(H,20,21). The number of nitrogens with one attached hydrogen (secondary N) is 1. The van der Waals surface area contributed by atoms with E-state index in [4.69, 9.17) is 9.47 Å². The predicted octanol–water partition coefficient (Wildman–Crippen LogP) is 4.72. The molecule has 0 aliphatic rings. The highest BCUT2D eigenvalue weighted by Gasteiger charge is 2.09. The van der Waals surface area contributed by atoms with E-state index >= 15 is 0 Å². The SMILES string of the molecule is COc1cc(C=CC(=O)Nc2ccc(I)cc2)cc(Br)c1OC. The first-order chi connectivity index (χ1) is 11.0. The van der Waals surface area contributed by atoms with Crippen LogP contribution in [0.4, 0.5) is 5.69 Å². The number of hydrogen-bond donors (Lipinski definition) is 1. The van der Waals surface area contributed by atoms with Crippen LogP contribution in [0.3, 0.4) is 0 Å². The number of amides is 1. The lowest BCUT2D eigenvalue weighted by Crippen LogP contribution is -2.07. The summed E-state index contributed by atoms with van der Waals surface area (Å²) in [6, 6.07) is 11.3. The Morgan fingerprint density at radius 2 is 1.87 bits per heavy atom. The van der Waals surface area contributed by atoms with Gasteiger partial charge in [0.2, 0.25) is 5.91 Å². The third kappa shape index (κ3) is 4.97. The number of halogens is 2. The average Bonchev–Trinajstić information content (AvgIpc) is 2.54. The van der Waals surface area contributed by atoms with Crippen LogP contribution in [0.2, 0.25) is 0 Å². The Balaban J connectivity index is 2.11. The molecular formula is C17H15BrINO3. The molecule has 0 bridgehead atoms. The Bertz CT molecular complexity index is 729. The molecule has 0 atom stereocenters. The van der Waals surface area contributed by atoms with Crippen LogP contribution < -0.4 is 14.8 Å². The number of hydrogen-bond acceptors (Lipinski definition) is 3. The molecule has 0 unspecified atom stereocenters. The molecule has 2 aromatic rings. The second kappa shape index (κ2) is 8.35. The summed E-state index contributed by atoms with van der Waals surface area (Å²) in [7, 11) is 3.15. The number of benzene rings is 2. The lowest BCUT2D eigenvalue weighted by atomic mass is 10.2. The summed E-state index contributed by atoms with van der Waals surface area (Å²) in [4.78, 5) is 12.0. The van der Waals surface area contributed by atoms with E-state index in [0.29, 0.717) is 11.5 Å². The maximum absolute atomic E-state index is 12.0. The summed E-state index contributed by atoms with van der Waals surface area (Å²) < 4.78 is 12.4. The van der Waals surface area contributed by atoms with Crippen molar-refractivity contribution in [1.82, 2.24) is 0 Å². The van der Waals surface area contributed by atoms with Gasteiger partial charge in [0.25, 0.3) is 0 Å². The number of ether oxygens (including phenoxy) is 2. The van der Waals surface area contributed by atoms with Crippen LogP contribution in [0.5, 0.6) is 11.5 Å². The molecule has 2 rings (SSSR count). The zero-order valence-electron chi connectivity index (χ0n) is 12.6. The Labute approximate surface area is 157 Å². The van der Waals surface area contributed by atoms with E-state index in [1.54, 1.807) is 26.4 Å². The maximum atomic E-state index is 12.0. The number of methoxy groups -OCH3 is 2. The van der Waals surface area contributed by atoms with Crippen molar-refractivity contribution in [2.45, 2.75) is 0 Å². The minimum Gasteiger partial charge on any atom is -0.493 e.